The Morgan fingerprint density at radius 2 is 2.00 bits per heavy atom. The van der Waals surface area contributed by atoms with E-state index >= 15 is 0 Å². The smallest absolute Gasteiger partial charge is 0.239 e. The number of hydrogen-bond acceptors (Lipinski definition) is 2. The van der Waals surface area contributed by atoms with Gasteiger partial charge in [0.05, 0.1) is 6.07 Å². The Morgan fingerprint density at radius 1 is 1.38 bits per heavy atom. The number of nitrogens with one attached hydrogen (secondary N) is 1. The third-order valence-electron chi connectivity index (χ3n) is 3.41. The predicted octanol–water partition coefficient (Wildman–Crippen LogP) is 2.62. The molecule has 0 radical (unpaired) electrons. The number of hydrogen-bond donors (Lipinski definition) is 1. The third kappa shape index (κ3) is 3.84. The molecule has 0 bridgehead atoms. The Bertz CT molecular complexity index is 272. The number of rotatable bonds is 4. The van der Waals surface area contributed by atoms with Crippen LogP contribution in [-0.4, -0.2) is 12.5 Å². The van der Waals surface area contributed by atoms with Crippen LogP contribution in [0.5, 0.6) is 0 Å². The van der Waals surface area contributed by atoms with Crippen LogP contribution in [0.4, 0.5) is 0 Å². The number of nitriles is 1. The Kier molecular flexibility index (Phi) is 4.79. The summed E-state index contributed by atoms with van der Waals surface area (Å²) in [6.45, 7) is 4.03. The van der Waals surface area contributed by atoms with E-state index in [0.717, 1.165) is 12.3 Å². The van der Waals surface area contributed by atoms with Gasteiger partial charge in [0, 0.05) is 6.54 Å². The van der Waals surface area contributed by atoms with Crippen molar-refractivity contribution in [1.82, 2.24) is 5.32 Å². The van der Waals surface area contributed by atoms with Crippen molar-refractivity contribution in [1.29, 1.82) is 5.26 Å². The molecule has 0 aliphatic heterocycles. The Hall–Kier alpha value is -1.04. The van der Waals surface area contributed by atoms with Crippen LogP contribution in [0.2, 0.25) is 0 Å². The van der Waals surface area contributed by atoms with E-state index < -0.39 is 5.41 Å². The van der Waals surface area contributed by atoms with Crippen molar-refractivity contribution in [2.75, 3.05) is 6.54 Å². The molecule has 0 spiro atoms. The highest BCUT2D eigenvalue weighted by molar-refractivity contribution is 5.84. The fraction of sp³-hybridized carbons (Fsp3) is 0.846. The van der Waals surface area contributed by atoms with Crippen LogP contribution in [0.3, 0.4) is 0 Å². The van der Waals surface area contributed by atoms with Gasteiger partial charge in [0.2, 0.25) is 5.91 Å². The minimum Gasteiger partial charge on any atom is -0.355 e. The van der Waals surface area contributed by atoms with Crippen LogP contribution < -0.4 is 5.32 Å². The molecule has 0 aromatic rings. The van der Waals surface area contributed by atoms with Gasteiger partial charge < -0.3 is 5.32 Å². The largest absolute Gasteiger partial charge is 0.355 e. The highest BCUT2D eigenvalue weighted by Crippen LogP contribution is 2.25. The molecule has 0 unspecified atom stereocenters. The topological polar surface area (TPSA) is 52.9 Å². The van der Waals surface area contributed by atoms with Crippen LogP contribution in [-0.2, 0) is 4.79 Å². The van der Waals surface area contributed by atoms with E-state index in [1.54, 1.807) is 13.8 Å². The molecule has 0 aromatic heterocycles. The van der Waals surface area contributed by atoms with Gasteiger partial charge in [0.1, 0.15) is 5.41 Å². The van der Waals surface area contributed by atoms with E-state index in [0.29, 0.717) is 6.54 Å². The first-order chi connectivity index (χ1) is 7.56. The molecule has 1 aliphatic rings. The summed E-state index contributed by atoms with van der Waals surface area (Å²) in [5.74, 6) is 0.630. The van der Waals surface area contributed by atoms with Crippen molar-refractivity contribution in [2.45, 2.75) is 52.4 Å². The summed E-state index contributed by atoms with van der Waals surface area (Å²) in [5.41, 5.74) is -0.896. The number of carbonyl (C=O) groups excluding carboxylic acids is 1. The van der Waals surface area contributed by atoms with Gasteiger partial charge in [0.25, 0.3) is 0 Å². The second-order valence-corrected chi connectivity index (χ2v) is 5.29. The van der Waals surface area contributed by atoms with Crippen molar-refractivity contribution in [3.05, 3.63) is 0 Å². The second-order valence-electron chi connectivity index (χ2n) is 5.29. The van der Waals surface area contributed by atoms with Gasteiger partial charge in [-0.05, 0) is 26.2 Å². The van der Waals surface area contributed by atoms with E-state index in [-0.39, 0.29) is 5.91 Å². The first-order valence-electron chi connectivity index (χ1n) is 6.26. The highest BCUT2D eigenvalue weighted by atomic mass is 16.2. The molecule has 0 saturated heterocycles. The second kappa shape index (κ2) is 5.89. The molecule has 1 fully saturated rings. The minimum absolute atomic E-state index is 0.147. The number of amides is 1. The van der Waals surface area contributed by atoms with Gasteiger partial charge in [0.15, 0.2) is 0 Å². The zero-order valence-electron chi connectivity index (χ0n) is 10.4. The van der Waals surface area contributed by atoms with Crippen molar-refractivity contribution in [3.8, 4) is 6.07 Å². The van der Waals surface area contributed by atoms with Crippen molar-refractivity contribution >= 4 is 5.91 Å². The molecule has 16 heavy (non-hydrogen) atoms. The summed E-state index contributed by atoms with van der Waals surface area (Å²) in [6.07, 6.45) is 7.71. The molecular formula is C13H22N2O. The molecule has 1 amide bonds. The van der Waals surface area contributed by atoms with Crippen LogP contribution in [0.15, 0.2) is 0 Å². The first-order valence-corrected chi connectivity index (χ1v) is 6.26. The predicted molar refractivity (Wildman–Crippen MR) is 63.6 cm³/mol. The fourth-order valence-corrected chi connectivity index (χ4v) is 2.14. The Morgan fingerprint density at radius 3 is 2.56 bits per heavy atom. The fourth-order valence-electron chi connectivity index (χ4n) is 2.14. The van der Waals surface area contributed by atoms with E-state index in [1.807, 2.05) is 6.07 Å². The van der Waals surface area contributed by atoms with Crippen LogP contribution in [0, 0.1) is 22.7 Å². The molecule has 0 aromatic carbocycles. The maximum absolute atomic E-state index is 11.6. The molecule has 1 N–H and O–H groups in total. The Labute approximate surface area is 98.2 Å². The van der Waals surface area contributed by atoms with Gasteiger partial charge in [-0.15, -0.1) is 0 Å². The number of nitrogens with zero attached hydrogens (tertiary/aromatic N) is 1. The molecule has 90 valence electrons. The summed E-state index contributed by atoms with van der Waals surface area (Å²) in [4.78, 5) is 11.6. The third-order valence-corrected chi connectivity index (χ3v) is 3.41. The van der Waals surface area contributed by atoms with Crippen molar-refractivity contribution < 1.29 is 4.79 Å². The lowest BCUT2D eigenvalue weighted by atomic mass is 9.87. The van der Waals surface area contributed by atoms with E-state index in [4.69, 9.17) is 5.26 Å². The normalized spacial score (nSPS) is 17.8. The monoisotopic (exact) mass is 222 g/mol. The van der Waals surface area contributed by atoms with Gasteiger partial charge >= 0.3 is 0 Å². The molecule has 3 nitrogen and oxygen atoms in total. The average molecular weight is 222 g/mol. The molecule has 3 heteroatoms. The molecule has 1 rings (SSSR count). The van der Waals surface area contributed by atoms with Crippen molar-refractivity contribution in [3.63, 3.8) is 0 Å². The highest BCUT2D eigenvalue weighted by Gasteiger charge is 2.26. The molecular weight excluding hydrogens is 200 g/mol. The lowest BCUT2D eigenvalue weighted by Gasteiger charge is -2.22. The lowest BCUT2D eigenvalue weighted by molar-refractivity contribution is -0.126. The maximum atomic E-state index is 11.6. The summed E-state index contributed by atoms with van der Waals surface area (Å²) in [7, 11) is 0. The van der Waals surface area contributed by atoms with E-state index in [9.17, 15) is 4.79 Å². The lowest BCUT2D eigenvalue weighted by Crippen LogP contribution is -2.37. The summed E-state index contributed by atoms with van der Waals surface area (Å²) < 4.78 is 0. The molecule has 1 saturated carbocycles. The summed E-state index contributed by atoms with van der Waals surface area (Å²) in [6, 6.07) is 2.02. The summed E-state index contributed by atoms with van der Waals surface area (Å²) in [5, 5.41) is 11.7. The number of carbonyl (C=O) groups is 1. The Balaban J connectivity index is 2.20. The zero-order valence-corrected chi connectivity index (χ0v) is 10.4. The van der Waals surface area contributed by atoms with Gasteiger partial charge in [-0.1, -0.05) is 32.1 Å². The quantitative estimate of drug-likeness (QED) is 0.795. The molecule has 0 heterocycles. The average Bonchev–Trinajstić information content (AvgIpc) is 2.30. The van der Waals surface area contributed by atoms with Crippen LogP contribution in [0.25, 0.3) is 0 Å². The van der Waals surface area contributed by atoms with E-state index in [1.165, 1.54) is 32.1 Å². The molecule has 0 atom stereocenters. The minimum atomic E-state index is -0.896. The first kappa shape index (κ1) is 13.0. The maximum Gasteiger partial charge on any atom is 0.239 e. The van der Waals surface area contributed by atoms with Crippen molar-refractivity contribution in [2.24, 2.45) is 11.3 Å². The van der Waals surface area contributed by atoms with Gasteiger partial charge in [-0.2, -0.15) is 5.26 Å². The SMILES string of the molecule is CC(C)(C#N)C(=O)NCCC1CCCCC1. The van der Waals surface area contributed by atoms with Crippen LogP contribution >= 0.6 is 0 Å². The standard InChI is InChI=1S/C13H22N2O/c1-13(2,10-14)12(16)15-9-8-11-6-4-3-5-7-11/h11H,3-9H2,1-2H3,(H,15,16). The van der Waals surface area contributed by atoms with E-state index in [2.05, 4.69) is 5.32 Å². The van der Waals surface area contributed by atoms with Crippen LogP contribution in [0.1, 0.15) is 52.4 Å². The van der Waals surface area contributed by atoms with Gasteiger partial charge in [-0.3, -0.25) is 4.79 Å². The van der Waals surface area contributed by atoms with Gasteiger partial charge in [-0.25, -0.2) is 0 Å². The zero-order chi connectivity index (χ0) is 12.0. The molecule has 1 aliphatic carbocycles. The summed E-state index contributed by atoms with van der Waals surface area (Å²) >= 11 is 0.